The van der Waals surface area contributed by atoms with E-state index in [9.17, 15) is 4.79 Å². The van der Waals surface area contributed by atoms with Crippen LogP contribution in [-0.4, -0.2) is 30.4 Å². The van der Waals surface area contributed by atoms with Crippen LogP contribution >= 0.6 is 11.6 Å². The van der Waals surface area contributed by atoms with Crippen molar-refractivity contribution in [3.8, 4) is 0 Å². The fraction of sp³-hybridized carbons (Fsp3) is 0.533. The number of nitrogens with zero attached hydrogens (tertiary/aromatic N) is 1. The zero-order valence-corrected chi connectivity index (χ0v) is 12.3. The number of nitrogens with one attached hydrogen (secondary N) is 1. The van der Waals surface area contributed by atoms with Gasteiger partial charge in [-0.05, 0) is 37.9 Å². The van der Waals surface area contributed by atoms with E-state index in [2.05, 4.69) is 5.32 Å². The first-order valence-corrected chi connectivity index (χ1v) is 7.23. The Labute approximate surface area is 119 Å². The molecule has 2 rings (SSSR count). The standard InChI is InChI=1S/C15H21ClN2O/c1-11(12-7-3-4-8-13(12)16)18(2)15(19)14-9-5-6-10-17-14/h3-4,7-8,11,14,17H,5-6,9-10H2,1-2H3/t11?,14-/m0/s1. The molecule has 0 aliphatic carbocycles. The second-order valence-electron chi connectivity index (χ2n) is 5.15. The molecule has 1 fully saturated rings. The zero-order chi connectivity index (χ0) is 13.8. The SMILES string of the molecule is CC(c1ccccc1Cl)N(C)C(=O)[C@@H]1CCCCN1. The van der Waals surface area contributed by atoms with Crippen LogP contribution in [0.15, 0.2) is 24.3 Å². The van der Waals surface area contributed by atoms with Gasteiger partial charge in [0.25, 0.3) is 0 Å². The molecule has 19 heavy (non-hydrogen) atoms. The number of benzene rings is 1. The maximum Gasteiger partial charge on any atom is 0.239 e. The number of piperidine rings is 1. The van der Waals surface area contributed by atoms with Gasteiger partial charge in [0.1, 0.15) is 0 Å². The molecule has 4 heteroatoms. The van der Waals surface area contributed by atoms with E-state index in [1.165, 1.54) is 0 Å². The second kappa shape index (κ2) is 6.40. The molecular formula is C15H21ClN2O. The minimum Gasteiger partial charge on any atom is -0.338 e. The topological polar surface area (TPSA) is 32.3 Å². The van der Waals surface area contributed by atoms with Crippen LogP contribution in [0.4, 0.5) is 0 Å². The van der Waals surface area contributed by atoms with Crippen molar-refractivity contribution in [2.75, 3.05) is 13.6 Å². The molecule has 104 valence electrons. The van der Waals surface area contributed by atoms with Crippen LogP contribution in [0.3, 0.4) is 0 Å². The number of carbonyl (C=O) groups is 1. The van der Waals surface area contributed by atoms with Crippen molar-refractivity contribution in [2.24, 2.45) is 0 Å². The van der Waals surface area contributed by atoms with E-state index >= 15 is 0 Å². The van der Waals surface area contributed by atoms with Gasteiger partial charge in [0.05, 0.1) is 12.1 Å². The Morgan fingerprint density at radius 2 is 2.16 bits per heavy atom. The predicted molar refractivity (Wildman–Crippen MR) is 78.3 cm³/mol. The highest BCUT2D eigenvalue weighted by atomic mass is 35.5. The van der Waals surface area contributed by atoms with E-state index in [0.717, 1.165) is 31.4 Å². The zero-order valence-electron chi connectivity index (χ0n) is 11.5. The van der Waals surface area contributed by atoms with Gasteiger partial charge in [0.2, 0.25) is 5.91 Å². The fourth-order valence-corrected chi connectivity index (χ4v) is 2.82. The van der Waals surface area contributed by atoms with E-state index in [0.29, 0.717) is 5.02 Å². The molecule has 1 aliphatic rings. The van der Waals surface area contributed by atoms with Gasteiger partial charge >= 0.3 is 0 Å². The first-order chi connectivity index (χ1) is 9.11. The van der Waals surface area contributed by atoms with Gasteiger partial charge < -0.3 is 10.2 Å². The first-order valence-electron chi connectivity index (χ1n) is 6.85. The fourth-order valence-electron chi connectivity index (χ4n) is 2.52. The lowest BCUT2D eigenvalue weighted by molar-refractivity contribution is -0.134. The number of likely N-dealkylation sites (N-methyl/N-ethyl adjacent to an activating group) is 1. The Hall–Kier alpha value is -1.06. The van der Waals surface area contributed by atoms with Crippen molar-refractivity contribution >= 4 is 17.5 Å². The maximum atomic E-state index is 12.4. The van der Waals surface area contributed by atoms with Gasteiger partial charge in [-0.2, -0.15) is 0 Å². The highest BCUT2D eigenvalue weighted by molar-refractivity contribution is 6.31. The Morgan fingerprint density at radius 3 is 2.79 bits per heavy atom. The third kappa shape index (κ3) is 3.28. The summed E-state index contributed by atoms with van der Waals surface area (Å²) in [6.07, 6.45) is 3.21. The third-order valence-electron chi connectivity index (χ3n) is 3.89. The van der Waals surface area contributed by atoms with Crippen molar-refractivity contribution in [2.45, 2.75) is 38.3 Å². The number of carbonyl (C=O) groups excluding carboxylic acids is 1. The van der Waals surface area contributed by atoms with E-state index in [1.54, 1.807) is 4.90 Å². The Morgan fingerprint density at radius 1 is 1.42 bits per heavy atom. The second-order valence-corrected chi connectivity index (χ2v) is 5.56. The minimum absolute atomic E-state index is 0.00933. The summed E-state index contributed by atoms with van der Waals surface area (Å²) in [6.45, 7) is 2.95. The largest absolute Gasteiger partial charge is 0.338 e. The molecule has 0 spiro atoms. The molecule has 1 aromatic carbocycles. The molecule has 2 atom stereocenters. The monoisotopic (exact) mass is 280 g/mol. The normalized spacial score (nSPS) is 20.9. The molecule has 0 radical (unpaired) electrons. The van der Waals surface area contributed by atoms with Crippen LogP contribution in [0.25, 0.3) is 0 Å². The molecule has 1 aliphatic heterocycles. The Kier molecular flexibility index (Phi) is 4.83. The summed E-state index contributed by atoms with van der Waals surface area (Å²) in [5.74, 6) is 0.159. The summed E-state index contributed by atoms with van der Waals surface area (Å²) in [7, 11) is 1.85. The number of rotatable bonds is 3. The van der Waals surface area contributed by atoms with Gasteiger partial charge in [-0.15, -0.1) is 0 Å². The smallest absolute Gasteiger partial charge is 0.239 e. The molecule has 0 aromatic heterocycles. The molecule has 1 amide bonds. The van der Waals surface area contributed by atoms with E-state index in [1.807, 2.05) is 38.2 Å². The van der Waals surface area contributed by atoms with E-state index in [-0.39, 0.29) is 18.0 Å². The molecular weight excluding hydrogens is 260 g/mol. The number of hydrogen-bond acceptors (Lipinski definition) is 2. The van der Waals surface area contributed by atoms with Crippen LogP contribution < -0.4 is 5.32 Å². The van der Waals surface area contributed by atoms with Crippen LogP contribution in [0.1, 0.15) is 37.8 Å². The highest BCUT2D eigenvalue weighted by Crippen LogP contribution is 2.27. The van der Waals surface area contributed by atoms with E-state index in [4.69, 9.17) is 11.6 Å². The van der Waals surface area contributed by atoms with Gasteiger partial charge in [0.15, 0.2) is 0 Å². The first kappa shape index (κ1) is 14.4. The van der Waals surface area contributed by atoms with Gasteiger partial charge in [0, 0.05) is 12.1 Å². The molecule has 1 N–H and O–H groups in total. The minimum atomic E-state index is -0.0383. The maximum absolute atomic E-state index is 12.4. The van der Waals surface area contributed by atoms with Crippen LogP contribution in [-0.2, 0) is 4.79 Å². The van der Waals surface area contributed by atoms with Crippen LogP contribution in [0.2, 0.25) is 5.02 Å². The van der Waals surface area contributed by atoms with Crippen molar-refractivity contribution in [1.82, 2.24) is 10.2 Å². The summed E-state index contributed by atoms with van der Waals surface area (Å²) >= 11 is 6.20. The third-order valence-corrected chi connectivity index (χ3v) is 4.24. The lowest BCUT2D eigenvalue weighted by atomic mass is 10.0. The number of halogens is 1. The molecule has 1 aromatic rings. The average molecular weight is 281 g/mol. The highest BCUT2D eigenvalue weighted by Gasteiger charge is 2.27. The molecule has 1 saturated heterocycles. The Balaban J connectivity index is 2.08. The summed E-state index contributed by atoms with van der Waals surface area (Å²) in [6, 6.07) is 7.65. The predicted octanol–water partition coefficient (Wildman–Crippen LogP) is 3.00. The lowest BCUT2D eigenvalue weighted by Gasteiger charge is -2.31. The van der Waals surface area contributed by atoms with E-state index < -0.39 is 0 Å². The van der Waals surface area contributed by atoms with Crippen molar-refractivity contribution in [3.63, 3.8) is 0 Å². The lowest BCUT2D eigenvalue weighted by Crippen LogP contribution is -2.47. The van der Waals surface area contributed by atoms with Crippen molar-refractivity contribution in [1.29, 1.82) is 0 Å². The summed E-state index contributed by atoms with van der Waals surface area (Å²) in [4.78, 5) is 14.2. The molecule has 1 heterocycles. The quantitative estimate of drug-likeness (QED) is 0.923. The van der Waals surface area contributed by atoms with Crippen LogP contribution in [0.5, 0.6) is 0 Å². The average Bonchev–Trinajstić information content (AvgIpc) is 2.46. The molecule has 0 bridgehead atoms. The molecule has 0 saturated carbocycles. The molecule has 1 unspecified atom stereocenters. The summed E-state index contributed by atoms with van der Waals surface area (Å²) < 4.78 is 0. The van der Waals surface area contributed by atoms with Crippen LogP contribution in [0, 0.1) is 0 Å². The summed E-state index contributed by atoms with van der Waals surface area (Å²) in [5, 5.41) is 4.01. The van der Waals surface area contributed by atoms with Crippen molar-refractivity contribution < 1.29 is 4.79 Å². The number of amides is 1. The number of hydrogen-bond donors (Lipinski definition) is 1. The van der Waals surface area contributed by atoms with Gasteiger partial charge in [-0.3, -0.25) is 4.79 Å². The van der Waals surface area contributed by atoms with Gasteiger partial charge in [-0.1, -0.05) is 36.2 Å². The van der Waals surface area contributed by atoms with Crippen molar-refractivity contribution in [3.05, 3.63) is 34.9 Å². The van der Waals surface area contributed by atoms with Gasteiger partial charge in [-0.25, -0.2) is 0 Å². The summed E-state index contributed by atoms with van der Waals surface area (Å²) in [5.41, 5.74) is 0.996. The molecule has 3 nitrogen and oxygen atoms in total. The Bertz CT molecular complexity index is 444.